The maximum absolute atomic E-state index is 12.2. The Morgan fingerprint density at radius 1 is 1.28 bits per heavy atom. The van der Waals surface area contributed by atoms with Gasteiger partial charge >= 0.3 is 0 Å². The highest BCUT2D eigenvalue weighted by Crippen LogP contribution is 2.48. The number of fused-ring (bicyclic) bond motifs is 3. The van der Waals surface area contributed by atoms with Crippen molar-refractivity contribution in [3.8, 4) is 0 Å². The van der Waals surface area contributed by atoms with Gasteiger partial charge in [-0.1, -0.05) is 5.16 Å². The van der Waals surface area contributed by atoms with Crippen molar-refractivity contribution in [1.82, 2.24) is 10.1 Å². The van der Waals surface area contributed by atoms with Gasteiger partial charge in [-0.25, -0.2) is 0 Å². The summed E-state index contributed by atoms with van der Waals surface area (Å²) in [4.78, 5) is 14.1. The Morgan fingerprint density at radius 2 is 2.22 bits per heavy atom. The maximum Gasteiger partial charge on any atom is 0.292 e. The van der Waals surface area contributed by atoms with Gasteiger partial charge in [-0.05, 0) is 30.1 Å². The summed E-state index contributed by atoms with van der Waals surface area (Å²) in [5.41, 5.74) is 0. The van der Waals surface area contributed by atoms with Crippen LogP contribution >= 0.6 is 0 Å². The van der Waals surface area contributed by atoms with Crippen LogP contribution in [0.2, 0.25) is 0 Å². The topological polar surface area (TPSA) is 55.6 Å². The number of amides is 1. The quantitative estimate of drug-likeness (QED) is 0.745. The molecule has 1 saturated carbocycles. The maximum atomic E-state index is 12.2. The SMILES string of the molecule is O=C(c1ccno1)N1C[C@@H]2C[C@@H]3COC[C@@H]3[C@@H]2C1. The molecular weight excluding hydrogens is 232 g/mol. The highest BCUT2D eigenvalue weighted by molar-refractivity contribution is 5.91. The number of carbonyl (C=O) groups is 1. The molecule has 0 aromatic carbocycles. The summed E-state index contributed by atoms with van der Waals surface area (Å²) in [7, 11) is 0. The van der Waals surface area contributed by atoms with Crippen LogP contribution in [0.15, 0.2) is 16.8 Å². The average molecular weight is 248 g/mol. The van der Waals surface area contributed by atoms with Gasteiger partial charge < -0.3 is 14.2 Å². The van der Waals surface area contributed by atoms with Crippen molar-refractivity contribution in [2.45, 2.75) is 6.42 Å². The Balaban J connectivity index is 1.50. The van der Waals surface area contributed by atoms with Crippen LogP contribution in [0, 0.1) is 23.7 Å². The van der Waals surface area contributed by atoms with Gasteiger partial charge in [-0.3, -0.25) is 4.79 Å². The van der Waals surface area contributed by atoms with Gasteiger partial charge in [0.25, 0.3) is 5.91 Å². The molecule has 5 nitrogen and oxygen atoms in total. The van der Waals surface area contributed by atoms with Gasteiger partial charge in [0.2, 0.25) is 5.76 Å². The van der Waals surface area contributed by atoms with E-state index in [9.17, 15) is 4.79 Å². The third-order valence-corrected chi connectivity index (χ3v) is 4.83. The number of likely N-dealkylation sites (tertiary alicyclic amines) is 1. The highest BCUT2D eigenvalue weighted by Gasteiger charge is 2.51. The second-order valence-electron chi connectivity index (χ2n) is 5.71. The van der Waals surface area contributed by atoms with Crippen molar-refractivity contribution in [3.05, 3.63) is 18.0 Å². The number of hydrogen-bond acceptors (Lipinski definition) is 4. The van der Waals surface area contributed by atoms with Crippen LogP contribution in [0.4, 0.5) is 0 Å². The lowest BCUT2D eigenvalue weighted by atomic mass is 9.91. The van der Waals surface area contributed by atoms with E-state index in [4.69, 9.17) is 9.26 Å². The zero-order valence-corrected chi connectivity index (χ0v) is 10.1. The zero-order valence-electron chi connectivity index (χ0n) is 10.1. The molecule has 2 aliphatic heterocycles. The van der Waals surface area contributed by atoms with E-state index in [1.54, 1.807) is 6.07 Å². The number of ether oxygens (including phenoxy) is 1. The first kappa shape index (κ1) is 10.6. The number of carbonyl (C=O) groups excluding carboxylic acids is 1. The largest absolute Gasteiger partial charge is 0.381 e. The Kier molecular flexibility index (Phi) is 2.24. The van der Waals surface area contributed by atoms with Crippen LogP contribution in [-0.4, -0.2) is 42.3 Å². The van der Waals surface area contributed by atoms with Crippen LogP contribution < -0.4 is 0 Å². The number of hydrogen-bond donors (Lipinski definition) is 0. The average Bonchev–Trinajstić information content (AvgIpc) is 3.09. The third-order valence-electron chi connectivity index (χ3n) is 4.83. The monoisotopic (exact) mass is 248 g/mol. The summed E-state index contributed by atoms with van der Waals surface area (Å²) in [6, 6.07) is 1.64. The lowest BCUT2D eigenvalue weighted by Gasteiger charge is -2.18. The smallest absolute Gasteiger partial charge is 0.292 e. The van der Waals surface area contributed by atoms with E-state index in [1.807, 2.05) is 4.90 Å². The normalized spacial score (nSPS) is 37.9. The van der Waals surface area contributed by atoms with Gasteiger partial charge in [0.1, 0.15) is 0 Å². The molecule has 2 saturated heterocycles. The molecule has 0 unspecified atom stereocenters. The van der Waals surface area contributed by atoms with Crippen molar-refractivity contribution < 1.29 is 14.1 Å². The molecule has 0 bridgehead atoms. The fraction of sp³-hybridized carbons (Fsp3) is 0.692. The first-order valence-electron chi connectivity index (χ1n) is 6.60. The standard InChI is InChI=1S/C13H16N2O3/c16-13(12-1-2-14-18-12)15-4-8-3-9-6-17-7-11(9)10(8)5-15/h1-2,8-11H,3-7H2/t8-,9+,10+,11-/m0/s1. The summed E-state index contributed by atoms with van der Waals surface area (Å²) in [5, 5.41) is 3.60. The number of aromatic nitrogens is 1. The molecular formula is C13H16N2O3. The molecule has 0 radical (unpaired) electrons. The highest BCUT2D eigenvalue weighted by atomic mass is 16.5. The lowest BCUT2D eigenvalue weighted by Crippen LogP contribution is -2.31. The van der Waals surface area contributed by atoms with Crippen molar-refractivity contribution in [2.75, 3.05) is 26.3 Å². The molecule has 1 aromatic heterocycles. The molecule has 3 fully saturated rings. The minimum absolute atomic E-state index is 0.0163. The Morgan fingerprint density at radius 3 is 3.06 bits per heavy atom. The number of nitrogens with zero attached hydrogens (tertiary/aromatic N) is 2. The first-order valence-corrected chi connectivity index (χ1v) is 6.60. The lowest BCUT2D eigenvalue weighted by molar-refractivity contribution is 0.0732. The van der Waals surface area contributed by atoms with Crippen LogP contribution in [-0.2, 0) is 4.74 Å². The predicted molar refractivity (Wildman–Crippen MR) is 61.8 cm³/mol. The van der Waals surface area contributed by atoms with Crippen molar-refractivity contribution in [2.24, 2.45) is 23.7 Å². The Labute approximate surface area is 105 Å². The molecule has 3 aliphatic rings. The van der Waals surface area contributed by atoms with Crippen LogP contribution in [0.1, 0.15) is 17.0 Å². The van der Waals surface area contributed by atoms with E-state index in [1.165, 1.54) is 12.6 Å². The molecule has 18 heavy (non-hydrogen) atoms. The van der Waals surface area contributed by atoms with Gasteiger partial charge in [-0.15, -0.1) is 0 Å². The Hall–Kier alpha value is -1.36. The van der Waals surface area contributed by atoms with Crippen molar-refractivity contribution in [1.29, 1.82) is 0 Å². The van der Waals surface area contributed by atoms with Gasteiger partial charge in [-0.2, -0.15) is 0 Å². The number of rotatable bonds is 1. The molecule has 1 amide bonds. The molecule has 0 N–H and O–H groups in total. The van der Waals surface area contributed by atoms with Gasteiger partial charge in [0.15, 0.2) is 0 Å². The van der Waals surface area contributed by atoms with Gasteiger partial charge in [0, 0.05) is 25.8 Å². The van der Waals surface area contributed by atoms with Crippen LogP contribution in [0.25, 0.3) is 0 Å². The summed E-state index contributed by atoms with van der Waals surface area (Å²) in [6.07, 6.45) is 2.74. The van der Waals surface area contributed by atoms with Gasteiger partial charge in [0.05, 0.1) is 12.8 Å². The zero-order chi connectivity index (χ0) is 12.1. The predicted octanol–water partition coefficient (Wildman–Crippen LogP) is 1.03. The van der Waals surface area contributed by atoms with E-state index in [0.29, 0.717) is 23.5 Å². The Bertz CT molecular complexity index is 459. The molecule has 1 aromatic rings. The molecule has 4 rings (SSSR count). The summed E-state index contributed by atoms with van der Waals surface area (Å²) in [6.45, 7) is 3.54. The van der Waals surface area contributed by atoms with Crippen molar-refractivity contribution >= 4 is 5.91 Å². The van der Waals surface area contributed by atoms with E-state index < -0.39 is 0 Å². The molecule has 4 atom stereocenters. The minimum Gasteiger partial charge on any atom is -0.381 e. The first-order chi connectivity index (χ1) is 8.83. The van der Waals surface area contributed by atoms with Crippen molar-refractivity contribution in [3.63, 3.8) is 0 Å². The second-order valence-corrected chi connectivity index (χ2v) is 5.71. The fourth-order valence-corrected chi connectivity index (χ4v) is 4.00. The molecule has 0 spiro atoms. The summed E-state index contributed by atoms with van der Waals surface area (Å²) in [5.74, 6) is 3.04. The third kappa shape index (κ3) is 1.43. The summed E-state index contributed by atoms with van der Waals surface area (Å²) >= 11 is 0. The van der Waals surface area contributed by atoms with Crippen LogP contribution in [0.3, 0.4) is 0 Å². The summed E-state index contributed by atoms with van der Waals surface area (Å²) < 4.78 is 10.5. The van der Waals surface area contributed by atoms with Crippen LogP contribution in [0.5, 0.6) is 0 Å². The molecule has 5 heteroatoms. The van der Waals surface area contributed by atoms with E-state index in [-0.39, 0.29) is 5.91 Å². The minimum atomic E-state index is -0.0163. The van der Waals surface area contributed by atoms with E-state index >= 15 is 0 Å². The second kappa shape index (κ2) is 3.82. The van der Waals surface area contributed by atoms with E-state index in [2.05, 4.69) is 5.16 Å². The molecule has 3 heterocycles. The molecule has 1 aliphatic carbocycles. The van der Waals surface area contributed by atoms with E-state index in [0.717, 1.165) is 32.2 Å². The molecule has 96 valence electrons. The fourth-order valence-electron chi connectivity index (χ4n) is 4.00.